The lowest BCUT2D eigenvalue weighted by atomic mass is 10.0. The average Bonchev–Trinajstić information content (AvgIpc) is 2.94. The fourth-order valence-corrected chi connectivity index (χ4v) is 4.16. The highest BCUT2D eigenvalue weighted by Gasteiger charge is 2.26. The number of halogens is 2. The number of carbonyl (C=O) groups is 1. The number of carbonyl (C=O) groups excluding carboxylic acids is 1. The normalized spacial score (nSPS) is 18.0. The second kappa shape index (κ2) is 6.59. The molecule has 0 unspecified atom stereocenters. The summed E-state index contributed by atoms with van der Waals surface area (Å²) in [4.78, 5) is 15.9. The number of hydrogen-bond donors (Lipinski definition) is 1. The van der Waals surface area contributed by atoms with Gasteiger partial charge in [0.15, 0.2) is 0 Å². The zero-order valence-corrected chi connectivity index (χ0v) is 14.4. The van der Waals surface area contributed by atoms with Crippen LogP contribution in [-0.2, 0) is 11.2 Å². The Balaban J connectivity index is 1.65. The predicted octanol–water partition coefficient (Wildman–Crippen LogP) is 4.61. The first kappa shape index (κ1) is 15.8. The summed E-state index contributed by atoms with van der Waals surface area (Å²) in [5, 5.41) is 5.98. The third-order valence-electron chi connectivity index (χ3n) is 3.96. The van der Waals surface area contributed by atoms with Gasteiger partial charge in [0.25, 0.3) is 0 Å². The molecule has 3 nitrogen and oxygen atoms in total. The molecular weight excluding hydrogens is 339 g/mol. The molecule has 1 amide bonds. The van der Waals surface area contributed by atoms with Crippen LogP contribution in [0.4, 0.5) is 5.69 Å². The largest absolute Gasteiger partial charge is 0.324 e. The summed E-state index contributed by atoms with van der Waals surface area (Å²) >= 11 is 13.7. The van der Waals surface area contributed by atoms with Gasteiger partial charge in [-0.25, -0.2) is 0 Å². The summed E-state index contributed by atoms with van der Waals surface area (Å²) in [6.45, 7) is 3.40. The lowest BCUT2D eigenvalue weighted by Crippen LogP contribution is -2.39. The SMILES string of the molecule is C[C@@H]1c2ccsc2CCN1CC(=O)Nc1ccc(Cl)cc1Cl. The Kier molecular flexibility index (Phi) is 4.73. The van der Waals surface area contributed by atoms with E-state index in [1.165, 1.54) is 10.4 Å². The van der Waals surface area contributed by atoms with E-state index in [-0.39, 0.29) is 11.9 Å². The molecule has 0 fully saturated rings. The zero-order chi connectivity index (χ0) is 15.7. The second-order valence-electron chi connectivity index (χ2n) is 5.37. The van der Waals surface area contributed by atoms with Crippen LogP contribution in [-0.4, -0.2) is 23.9 Å². The van der Waals surface area contributed by atoms with Gasteiger partial charge in [-0.05, 0) is 48.6 Å². The molecule has 1 aromatic carbocycles. The zero-order valence-electron chi connectivity index (χ0n) is 12.1. The molecule has 1 aliphatic heterocycles. The number of nitrogens with zero attached hydrogens (tertiary/aromatic N) is 1. The van der Waals surface area contributed by atoms with Crippen LogP contribution in [0.15, 0.2) is 29.6 Å². The third-order valence-corrected chi connectivity index (χ3v) is 5.50. The van der Waals surface area contributed by atoms with Gasteiger partial charge in [-0.1, -0.05) is 23.2 Å². The predicted molar refractivity (Wildman–Crippen MR) is 93.1 cm³/mol. The van der Waals surface area contributed by atoms with Gasteiger partial charge in [-0.2, -0.15) is 0 Å². The Morgan fingerprint density at radius 3 is 3.00 bits per heavy atom. The highest BCUT2D eigenvalue weighted by molar-refractivity contribution is 7.10. The fraction of sp³-hybridized carbons (Fsp3) is 0.312. The minimum atomic E-state index is -0.0604. The van der Waals surface area contributed by atoms with E-state index >= 15 is 0 Å². The molecular formula is C16H16Cl2N2OS. The summed E-state index contributed by atoms with van der Waals surface area (Å²) in [6.07, 6.45) is 1.01. The Bertz CT molecular complexity index is 701. The molecule has 1 N–H and O–H groups in total. The van der Waals surface area contributed by atoms with Gasteiger partial charge in [-0.3, -0.25) is 9.69 Å². The van der Waals surface area contributed by atoms with Gasteiger partial charge in [-0.15, -0.1) is 11.3 Å². The molecule has 1 atom stereocenters. The van der Waals surface area contributed by atoms with E-state index in [1.807, 2.05) is 0 Å². The number of thiophene rings is 1. The van der Waals surface area contributed by atoms with Crippen LogP contribution < -0.4 is 5.32 Å². The smallest absolute Gasteiger partial charge is 0.238 e. The molecule has 0 bridgehead atoms. The topological polar surface area (TPSA) is 32.3 Å². The van der Waals surface area contributed by atoms with Gasteiger partial charge in [0.05, 0.1) is 17.3 Å². The number of nitrogens with one attached hydrogen (secondary N) is 1. The number of rotatable bonds is 3. The Morgan fingerprint density at radius 1 is 1.41 bits per heavy atom. The second-order valence-corrected chi connectivity index (χ2v) is 7.21. The van der Waals surface area contributed by atoms with E-state index in [0.29, 0.717) is 22.3 Å². The van der Waals surface area contributed by atoms with E-state index < -0.39 is 0 Å². The molecule has 0 aliphatic carbocycles. The third kappa shape index (κ3) is 3.30. The van der Waals surface area contributed by atoms with Crippen molar-refractivity contribution in [2.24, 2.45) is 0 Å². The van der Waals surface area contributed by atoms with Crippen molar-refractivity contribution < 1.29 is 4.79 Å². The molecule has 2 heterocycles. The van der Waals surface area contributed by atoms with Gasteiger partial charge < -0.3 is 5.32 Å². The Hall–Kier alpha value is -1.07. The van der Waals surface area contributed by atoms with Gasteiger partial charge in [0.1, 0.15) is 0 Å². The maximum absolute atomic E-state index is 12.3. The molecule has 0 saturated carbocycles. The summed E-state index contributed by atoms with van der Waals surface area (Å²) in [7, 11) is 0. The molecule has 0 radical (unpaired) electrons. The Labute approximate surface area is 143 Å². The molecule has 22 heavy (non-hydrogen) atoms. The van der Waals surface area contributed by atoms with E-state index in [9.17, 15) is 4.79 Å². The van der Waals surface area contributed by atoms with Gasteiger partial charge in [0.2, 0.25) is 5.91 Å². The van der Waals surface area contributed by atoms with E-state index in [1.54, 1.807) is 29.5 Å². The molecule has 3 rings (SSSR count). The van der Waals surface area contributed by atoms with Crippen molar-refractivity contribution in [2.45, 2.75) is 19.4 Å². The first-order valence-electron chi connectivity index (χ1n) is 7.10. The van der Waals surface area contributed by atoms with Crippen molar-refractivity contribution in [3.63, 3.8) is 0 Å². The van der Waals surface area contributed by atoms with Crippen molar-refractivity contribution >= 4 is 46.1 Å². The minimum Gasteiger partial charge on any atom is -0.324 e. The monoisotopic (exact) mass is 354 g/mol. The van der Waals surface area contributed by atoms with E-state index in [0.717, 1.165) is 13.0 Å². The van der Waals surface area contributed by atoms with Crippen LogP contribution in [0.2, 0.25) is 10.0 Å². The van der Waals surface area contributed by atoms with Crippen molar-refractivity contribution in [1.82, 2.24) is 4.90 Å². The maximum Gasteiger partial charge on any atom is 0.238 e. The van der Waals surface area contributed by atoms with Gasteiger partial charge in [0, 0.05) is 22.5 Å². The lowest BCUT2D eigenvalue weighted by Gasteiger charge is -2.32. The Morgan fingerprint density at radius 2 is 2.23 bits per heavy atom. The van der Waals surface area contributed by atoms with Crippen molar-refractivity contribution in [2.75, 3.05) is 18.4 Å². The highest BCUT2D eigenvalue weighted by atomic mass is 35.5. The van der Waals surface area contributed by atoms with Crippen molar-refractivity contribution in [3.8, 4) is 0 Å². The van der Waals surface area contributed by atoms with Gasteiger partial charge >= 0.3 is 0 Å². The maximum atomic E-state index is 12.3. The van der Waals surface area contributed by atoms with Crippen LogP contribution in [0, 0.1) is 0 Å². The molecule has 2 aromatic rings. The molecule has 6 heteroatoms. The van der Waals surface area contributed by atoms with Crippen molar-refractivity contribution in [1.29, 1.82) is 0 Å². The first-order chi connectivity index (χ1) is 10.5. The standard InChI is InChI=1S/C16H16Cl2N2OS/c1-10-12-5-7-22-15(12)4-6-20(10)9-16(21)19-14-3-2-11(17)8-13(14)18/h2-3,5,7-8,10H,4,6,9H2,1H3,(H,19,21)/t10-/m1/s1. The molecule has 116 valence electrons. The molecule has 0 saturated heterocycles. The molecule has 1 aromatic heterocycles. The quantitative estimate of drug-likeness (QED) is 0.872. The summed E-state index contributed by atoms with van der Waals surface area (Å²) in [5.41, 5.74) is 1.94. The van der Waals surface area contributed by atoms with Crippen molar-refractivity contribution in [3.05, 3.63) is 50.1 Å². The fourth-order valence-electron chi connectivity index (χ4n) is 2.74. The highest BCUT2D eigenvalue weighted by Crippen LogP contribution is 2.32. The first-order valence-corrected chi connectivity index (χ1v) is 8.73. The summed E-state index contributed by atoms with van der Waals surface area (Å²) in [6, 6.07) is 7.48. The van der Waals surface area contributed by atoms with E-state index in [4.69, 9.17) is 23.2 Å². The molecule has 0 spiro atoms. The number of amides is 1. The average molecular weight is 355 g/mol. The summed E-state index contributed by atoms with van der Waals surface area (Å²) in [5.74, 6) is -0.0604. The number of anilines is 1. The van der Waals surface area contributed by atoms with Crippen LogP contribution in [0.25, 0.3) is 0 Å². The molecule has 1 aliphatic rings. The van der Waals surface area contributed by atoms with Crippen LogP contribution >= 0.6 is 34.5 Å². The lowest BCUT2D eigenvalue weighted by molar-refractivity contribution is -0.117. The van der Waals surface area contributed by atoms with Crippen LogP contribution in [0.1, 0.15) is 23.4 Å². The number of benzene rings is 1. The minimum absolute atomic E-state index is 0.0604. The van der Waals surface area contributed by atoms with E-state index in [2.05, 4.69) is 28.6 Å². The number of hydrogen-bond acceptors (Lipinski definition) is 3. The van der Waals surface area contributed by atoms with Crippen LogP contribution in [0.5, 0.6) is 0 Å². The van der Waals surface area contributed by atoms with Crippen LogP contribution in [0.3, 0.4) is 0 Å². The number of fused-ring (bicyclic) bond motifs is 1. The summed E-state index contributed by atoms with van der Waals surface area (Å²) < 4.78 is 0.